The van der Waals surface area contributed by atoms with Crippen molar-refractivity contribution < 1.29 is 19.0 Å². The summed E-state index contributed by atoms with van der Waals surface area (Å²) in [4.78, 5) is 11.9. The number of carbonyl (C=O) groups excluding carboxylic acids is 1. The highest BCUT2D eigenvalue weighted by Crippen LogP contribution is 2.30. The molecular weight excluding hydrogens is 320 g/mol. The van der Waals surface area contributed by atoms with Crippen LogP contribution in [0.15, 0.2) is 42.5 Å². The first-order valence-electron chi connectivity index (χ1n) is 8.22. The number of hydrogen-bond donors (Lipinski definition) is 2. The lowest BCUT2D eigenvalue weighted by atomic mass is 10.1. The van der Waals surface area contributed by atoms with Crippen LogP contribution in [-0.2, 0) is 0 Å². The van der Waals surface area contributed by atoms with Crippen LogP contribution in [0.1, 0.15) is 11.1 Å². The standard InChI is InChI=1S/C19H22N2O4/c1-13-7-8-16(14(2)9-13)24-12-21-19(22)20-10-15-11-23-17-5-3-4-6-18(17)25-15/h3-9,15H,10-12H2,1-2H3,(H2,20,21,22). The van der Waals surface area contributed by atoms with Gasteiger partial charge in [-0.05, 0) is 37.6 Å². The van der Waals surface area contributed by atoms with Crippen molar-refractivity contribution in [3.8, 4) is 17.2 Å². The minimum Gasteiger partial charge on any atom is -0.486 e. The molecule has 2 aromatic carbocycles. The number of amides is 2. The second-order valence-electron chi connectivity index (χ2n) is 5.94. The minimum absolute atomic E-state index is 0.0978. The highest BCUT2D eigenvalue weighted by atomic mass is 16.6. The van der Waals surface area contributed by atoms with Gasteiger partial charge in [0, 0.05) is 0 Å². The Morgan fingerprint density at radius 3 is 2.76 bits per heavy atom. The van der Waals surface area contributed by atoms with Crippen molar-refractivity contribution in [2.24, 2.45) is 0 Å². The number of nitrogens with one attached hydrogen (secondary N) is 2. The summed E-state index contributed by atoms with van der Waals surface area (Å²) in [5, 5.41) is 5.42. The molecule has 1 unspecified atom stereocenters. The Balaban J connectivity index is 1.39. The molecule has 0 saturated heterocycles. The zero-order valence-corrected chi connectivity index (χ0v) is 14.4. The second-order valence-corrected chi connectivity index (χ2v) is 5.94. The monoisotopic (exact) mass is 342 g/mol. The van der Waals surface area contributed by atoms with Gasteiger partial charge in [0.15, 0.2) is 24.3 Å². The van der Waals surface area contributed by atoms with E-state index < -0.39 is 0 Å². The predicted octanol–water partition coefficient (Wildman–Crippen LogP) is 2.78. The maximum Gasteiger partial charge on any atom is 0.317 e. The average Bonchev–Trinajstić information content (AvgIpc) is 2.61. The summed E-state index contributed by atoms with van der Waals surface area (Å²) in [6.07, 6.45) is -0.221. The summed E-state index contributed by atoms with van der Waals surface area (Å²) >= 11 is 0. The minimum atomic E-state index is -0.313. The second kappa shape index (κ2) is 7.79. The molecule has 3 rings (SSSR count). The number of hydrogen-bond acceptors (Lipinski definition) is 4. The van der Waals surface area contributed by atoms with Crippen molar-refractivity contribution in [2.75, 3.05) is 19.9 Å². The van der Waals surface area contributed by atoms with E-state index in [1.165, 1.54) is 5.56 Å². The molecule has 1 atom stereocenters. The Morgan fingerprint density at radius 1 is 1.16 bits per heavy atom. The molecule has 1 aliphatic heterocycles. The molecule has 0 fully saturated rings. The summed E-state index contributed by atoms with van der Waals surface area (Å²) in [7, 11) is 0. The molecule has 6 nitrogen and oxygen atoms in total. The molecule has 0 radical (unpaired) electrons. The molecule has 2 amide bonds. The highest BCUT2D eigenvalue weighted by molar-refractivity contribution is 5.73. The van der Waals surface area contributed by atoms with E-state index in [-0.39, 0.29) is 18.9 Å². The Labute approximate surface area is 147 Å². The van der Waals surface area contributed by atoms with Gasteiger partial charge in [0.1, 0.15) is 12.4 Å². The van der Waals surface area contributed by atoms with Crippen LogP contribution in [0.5, 0.6) is 17.2 Å². The van der Waals surface area contributed by atoms with Crippen molar-refractivity contribution in [2.45, 2.75) is 20.0 Å². The number of carbonyl (C=O) groups is 1. The van der Waals surface area contributed by atoms with Crippen molar-refractivity contribution in [3.05, 3.63) is 53.6 Å². The third-order valence-corrected chi connectivity index (χ3v) is 3.85. The molecule has 1 heterocycles. The number of fused-ring (bicyclic) bond motifs is 1. The lowest BCUT2D eigenvalue weighted by Crippen LogP contribution is -2.45. The van der Waals surface area contributed by atoms with Crippen LogP contribution in [-0.4, -0.2) is 32.0 Å². The van der Waals surface area contributed by atoms with Gasteiger partial charge in [0.25, 0.3) is 0 Å². The molecule has 2 N–H and O–H groups in total. The molecule has 0 bridgehead atoms. The van der Waals surface area contributed by atoms with Crippen molar-refractivity contribution in [1.29, 1.82) is 0 Å². The molecule has 0 saturated carbocycles. The molecular formula is C19H22N2O4. The van der Waals surface area contributed by atoms with Crippen LogP contribution in [0.3, 0.4) is 0 Å². The fourth-order valence-electron chi connectivity index (χ4n) is 2.57. The van der Waals surface area contributed by atoms with Crippen molar-refractivity contribution in [1.82, 2.24) is 10.6 Å². The molecule has 1 aliphatic rings. The van der Waals surface area contributed by atoms with Crippen LogP contribution in [0, 0.1) is 13.8 Å². The molecule has 0 aromatic heterocycles. The largest absolute Gasteiger partial charge is 0.486 e. The van der Waals surface area contributed by atoms with Crippen LogP contribution in [0.4, 0.5) is 4.79 Å². The van der Waals surface area contributed by atoms with Gasteiger partial charge in [-0.3, -0.25) is 0 Å². The molecule has 132 valence electrons. The third-order valence-electron chi connectivity index (χ3n) is 3.85. The molecule has 6 heteroatoms. The molecule has 0 spiro atoms. The first-order valence-corrected chi connectivity index (χ1v) is 8.22. The van der Waals surface area contributed by atoms with E-state index in [0.29, 0.717) is 18.9 Å². The van der Waals surface area contributed by atoms with E-state index in [9.17, 15) is 4.79 Å². The molecule has 2 aromatic rings. The zero-order chi connectivity index (χ0) is 17.6. The van der Waals surface area contributed by atoms with E-state index in [0.717, 1.165) is 17.1 Å². The number of ether oxygens (including phenoxy) is 3. The van der Waals surface area contributed by atoms with Gasteiger partial charge in [0.05, 0.1) is 6.54 Å². The fourth-order valence-corrected chi connectivity index (χ4v) is 2.57. The summed E-state index contributed by atoms with van der Waals surface area (Å²) in [5.41, 5.74) is 2.21. The molecule has 0 aliphatic carbocycles. The predicted molar refractivity (Wildman–Crippen MR) is 94.3 cm³/mol. The highest BCUT2D eigenvalue weighted by Gasteiger charge is 2.20. The number of para-hydroxylation sites is 2. The van der Waals surface area contributed by atoms with Crippen LogP contribution < -0.4 is 24.8 Å². The van der Waals surface area contributed by atoms with Gasteiger partial charge in [-0.15, -0.1) is 0 Å². The van der Waals surface area contributed by atoms with E-state index >= 15 is 0 Å². The summed E-state index contributed by atoms with van der Waals surface area (Å²) in [5.74, 6) is 2.18. The number of benzene rings is 2. The van der Waals surface area contributed by atoms with Gasteiger partial charge in [-0.1, -0.05) is 29.8 Å². The molecule has 25 heavy (non-hydrogen) atoms. The van der Waals surface area contributed by atoms with Gasteiger partial charge in [-0.25, -0.2) is 4.79 Å². The number of urea groups is 1. The number of rotatable bonds is 5. The Kier molecular flexibility index (Phi) is 5.28. The maximum atomic E-state index is 11.9. The van der Waals surface area contributed by atoms with E-state index in [1.54, 1.807) is 0 Å². The van der Waals surface area contributed by atoms with E-state index in [2.05, 4.69) is 10.6 Å². The Bertz CT molecular complexity index is 748. The van der Waals surface area contributed by atoms with Gasteiger partial charge in [-0.2, -0.15) is 0 Å². The van der Waals surface area contributed by atoms with Crippen LogP contribution >= 0.6 is 0 Å². The summed E-state index contributed by atoms with van der Waals surface area (Å²) in [6, 6.07) is 13.1. The zero-order valence-electron chi connectivity index (χ0n) is 14.4. The summed E-state index contributed by atoms with van der Waals surface area (Å²) < 4.78 is 17.0. The van der Waals surface area contributed by atoms with Gasteiger partial charge in [0.2, 0.25) is 0 Å². The lowest BCUT2D eigenvalue weighted by molar-refractivity contribution is 0.0915. The van der Waals surface area contributed by atoms with Gasteiger partial charge >= 0.3 is 6.03 Å². The van der Waals surface area contributed by atoms with Crippen molar-refractivity contribution >= 4 is 6.03 Å². The van der Waals surface area contributed by atoms with E-state index in [1.807, 2.05) is 56.3 Å². The van der Waals surface area contributed by atoms with E-state index in [4.69, 9.17) is 14.2 Å². The van der Waals surface area contributed by atoms with Crippen LogP contribution in [0.2, 0.25) is 0 Å². The van der Waals surface area contributed by atoms with Gasteiger partial charge < -0.3 is 24.8 Å². The van der Waals surface area contributed by atoms with Crippen molar-refractivity contribution in [3.63, 3.8) is 0 Å². The first kappa shape index (κ1) is 17.0. The third kappa shape index (κ3) is 4.56. The van der Waals surface area contributed by atoms with Crippen LogP contribution in [0.25, 0.3) is 0 Å². The average molecular weight is 342 g/mol. The Morgan fingerprint density at radius 2 is 1.96 bits per heavy atom. The Hall–Kier alpha value is -2.89. The maximum absolute atomic E-state index is 11.9. The lowest BCUT2D eigenvalue weighted by Gasteiger charge is -2.26. The number of aryl methyl sites for hydroxylation is 2. The SMILES string of the molecule is Cc1ccc(OCNC(=O)NCC2COc3ccccc3O2)c(C)c1. The topological polar surface area (TPSA) is 68.8 Å². The quantitative estimate of drug-likeness (QED) is 0.820. The summed E-state index contributed by atoms with van der Waals surface area (Å²) in [6.45, 7) is 4.85. The smallest absolute Gasteiger partial charge is 0.317 e. The normalized spacial score (nSPS) is 15.4. The fraction of sp³-hybridized carbons (Fsp3) is 0.316. The first-order chi connectivity index (χ1) is 12.1.